The van der Waals surface area contributed by atoms with E-state index in [0.717, 1.165) is 5.75 Å². The molecule has 0 bridgehead atoms. The molecular weight excluding hydrogens is 272 g/mol. The van der Waals surface area contributed by atoms with Gasteiger partial charge in [0.25, 0.3) is 0 Å². The zero-order valence-electron chi connectivity index (χ0n) is 14.9. The molecule has 0 aliphatic heterocycles. The predicted octanol–water partition coefficient (Wildman–Crippen LogP) is 7.96. The molecule has 0 spiro atoms. The molecule has 0 unspecified atom stereocenters. The number of hydrogen-bond donors (Lipinski definition) is 1. The maximum absolute atomic E-state index is 4.25. The van der Waals surface area contributed by atoms with Crippen LogP contribution >= 0.6 is 12.6 Å². The average molecular weight is 315 g/mol. The molecular formula is C20H42S. The average Bonchev–Trinajstić information content (AvgIpc) is 2.50. The van der Waals surface area contributed by atoms with Crippen molar-refractivity contribution in [2.45, 2.75) is 122 Å². The molecule has 0 aliphatic carbocycles. The minimum Gasteiger partial charge on any atom is -0.179 e. The van der Waals surface area contributed by atoms with Gasteiger partial charge in [0.2, 0.25) is 0 Å². The van der Waals surface area contributed by atoms with Gasteiger partial charge in [-0.1, -0.05) is 116 Å². The third-order valence-corrected chi connectivity index (χ3v) is 4.83. The molecule has 128 valence electrons. The van der Waals surface area contributed by atoms with E-state index in [1.165, 1.54) is 116 Å². The van der Waals surface area contributed by atoms with Crippen LogP contribution in [0, 0.1) is 0 Å². The maximum Gasteiger partial charge on any atom is -0.00979 e. The molecule has 0 aliphatic rings. The highest BCUT2D eigenvalue weighted by Gasteiger charge is 1.94. The highest BCUT2D eigenvalue weighted by molar-refractivity contribution is 7.80. The zero-order chi connectivity index (χ0) is 15.4. The fraction of sp³-hybridized carbons (Fsp3) is 1.00. The number of hydrogen-bond acceptors (Lipinski definition) is 1. The molecule has 0 radical (unpaired) electrons. The Morgan fingerprint density at radius 2 is 0.619 bits per heavy atom. The van der Waals surface area contributed by atoms with Gasteiger partial charge in [-0.2, -0.15) is 12.6 Å². The molecule has 21 heavy (non-hydrogen) atoms. The normalized spacial score (nSPS) is 11.1. The molecule has 0 atom stereocenters. The van der Waals surface area contributed by atoms with Crippen molar-refractivity contribution in [3.8, 4) is 0 Å². The Bertz CT molecular complexity index is 149. The molecule has 0 aromatic carbocycles. The van der Waals surface area contributed by atoms with Crippen LogP contribution in [0.5, 0.6) is 0 Å². The van der Waals surface area contributed by atoms with E-state index in [2.05, 4.69) is 19.6 Å². The summed E-state index contributed by atoms with van der Waals surface area (Å²) in [5, 5.41) is 0. The summed E-state index contributed by atoms with van der Waals surface area (Å²) in [6, 6.07) is 0. The molecule has 0 saturated heterocycles. The summed E-state index contributed by atoms with van der Waals surface area (Å²) >= 11 is 4.25. The SMILES string of the molecule is CCCCCCCCCCCCCCCCCCCCS. The van der Waals surface area contributed by atoms with Gasteiger partial charge in [0.05, 0.1) is 0 Å². The lowest BCUT2D eigenvalue weighted by molar-refractivity contribution is 0.527. The summed E-state index contributed by atoms with van der Waals surface area (Å²) in [4.78, 5) is 0. The molecule has 0 nitrogen and oxygen atoms in total. The van der Waals surface area contributed by atoms with Crippen molar-refractivity contribution < 1.29 is 0 Å². The van der Waals surface area contributed by atoms with Crippen molar-refractivity contribution in [3.05, 3.63) is 0 Å². The van der Waals surface area contributed by atoms with Crippen molar-refractivity contribution >= 4 is 12.6 Å². The van der Waals surface area contributed by atoms with Crippen molar-refractivity contribution in [1.82, 2.24) is 0 Å². The monoisotopic (exact) mass is 314 g/mol. The van der Waals surface area contributed by atoms with Crippen LogP contribution in [0.3, 0.4) is 0 Å². The van der Waals surface area contributed by atoms with Gasteiger partial charge >= 0.3 is 0 Å². The topological polar surface area (TPSA) is 0 Å². The predicted molar refractivity (Wildman–Crippen MR) is 103 cm³/mol. The molecule has 0 heterocycles. The van der Waals surface area contributed by atoms with Gasteiger partial charge in [-0.3, -0.25) is 0 Å². The standard InChI is InChI=1S/C20H42S/c1-2-3-4-5-6-7-8-9-10-11-12-13-14-15-16-17-18-19-20-21/h21H,2-20H2,1H3. The molecule has 0 saturated carbocycles. The number of unbranched alkanes of at least 4 members (excludes halogenated alkanes) is 17. The second-order valence-corrected chi connectivity index (χ2v) is 7.18. The summed E-state index contributed by atoms with van der Waals surface area (Å²) in [5.41, 5.74) is 0. The van der Waals surface area contributed by atoms with Crippen LogP contribution in [-0.2, 0) is 0 Å². The Kier molecular flexibility index (Phi) is 20.7. The molecule has 0 amide bonds. The van der Waals surface area contributed by atoms with E-state index in [9.17, 15) is 0 Å². The highest BCUT2D eigenvalue weighted by Crippen LogP contribution is 2.14. The molecule has 0 aromatic heterocycles. The largest absolute Gasteiger partial charge is 0.179 e. The van der Waals surface area contributed by atoms with Gasteiger partial charge < -0.3 is 0 Å². The Morgan fingerprint density at radius 3 is 0.857 bits per heavy atom. The smallest absolute Gasteiger partial charge is 0.00979 e. The van der Waals surface area contributed by atoms with Crippen LogP contribution in [-0.4, -0.2) is 5.75 Å². The lowest BCUT2D eigenvalue weighted by Gasteiger charge is -2.03. The zero-order valence-corrected chi connectivity index (χ0v) is 15.8. The molecule has 0 fully saturated rings. The maximum atomic E-state index is 4.25. The van der Waals surface area contributed by atoms with Gasteiger partial charge in [0.15, 0.2) is 0 Å². The third kappa shape index (κ3) is 20.4. The van der Waals surface area contributed by atoms with Crippen molar-refractivity contribution in [3.63, 3.8) is 0 Å². The van der Waals surface area contributed by atoms with Crippen LogP contribution in [0.2, 0.25) is 0 Å². The van der Waals surface area contributed by atoms with Crippen LogP contribution in [0.25, 0.3) is 0 Å². The lowest BCUT2D eigenvalue weighted by atomic mass is 10.0. The lowest BCUT2D eigenvalue weighted by Crippen LogP contribution is -1.84. The van der Waals surface area contributed by atoms with E-state index >= 15 is 0 Å². The third-order valence-electron chi connectivity index (χ3n) is 4.51. The summed E-state index contributed by atoms with van der Waals surface area (Å²) in [6.07, 6.45) is 26.1. The molecule has 0 rings (SSSR count). The summed E-state index contributed by atoms with van der Waals surface area (Å²) in [5.74, 6) is 1.07. The van der Waals surface area contributed by atoms with Crippen molar-refractivity contribution in [2.75, 3.05) is 5.75 Å². The first-order valence-corrected chi connectivity index (χ1v) is 10.7. The van der Waals surface area contributed by atoms with Crippen LogP contribution in [0.1, 0.15) is 122 Å². The van der Waals surface area contributed by atoms with E-state index in [1.54, 1.807) is 0 Å². The second kappa shape index (κ2) is 20.3. The fourth-order valence-corrected chi connectivity index (χ4v) is 3.24. The summed E-state index contributed by atoms with van der Waals surface area (Å²) in [6.45, 7) is 2.30. The fourth-order valence-electron chi connectivity index (χ4n) is 3.01. The Hall–Kier alpha value is 0.350. The highest BCUT2D eigenvalue weighted by atomic mass is 32.1. The van der Waals surface area contributed by atoms with Crippen LogP contribution < -0.4 is 0 Å². The van der Waals surface area contributed by atoms with Gasteiger partial charge in [0, 0.05) is 0 Å². The van der Waals surface area contributed by atoms with Gasteiger partial charge in [-0.25, -0.2) is 0 Å². The second-order valence-electron chi connectivity index (χ2n) is 6.73. The van der Waals surface area contributed by atoms with E-state index in [0.29, 0.717) is 0 Å². The van der Waals surface area contributed by atoms with E-state index in [4.69, 9.17) is 0 Å². The Morgan fingerprint density at radius 1 is 0.381 bits per heavy atom. The first-order chi connectivity index (χ1) is 10.4. The minimum atomic E-state index is 1.07. The van der Waals surface area contributed by atoms with E-state index in [-0.39, 0.29) is 0 Å². The molecule has 0 N–H and O–H groups in total. The summed E-state index contributed by atoms with van der Waals surface area (Å²) in [7, 11) is 0. The van der Waals surface area contributed by atoms with Crippen LogP contribution in [0.15, 0.2) is 0 Å². The Balaban J connectivity index is 2.90. The Labute approximate surface area is 141 Å². The molecule has 0 aromatic rings. The van der Waals surface area contributed by atoms with Crippen LogP contribution in [0.4, 0.5) is 0 Å². The van der Waals surface area contributed by atoms with E-state index in [1.807, 2.05) is 0 Å². The number of thiol groups is 1. The first kappa shape index (κ1) is 21.4. The van der Waals surface area contributed by atoms with E-state index < -0.39 is 0 Å². The van der Waals surface area contributed by atoms with Gasteiger partial charge in [-0.05, 0) is 12.2 Å². The minimum absolute atomic E-state index is 1.07. The van der Waals surface area contributed by atoms with Crippen molar-refractivity contribution in [1.29, 1.82) is 0 Å². The quantitative estimate of drug-likeness (QED) is 0.192. The van der Waals surface area contributed by atoms with Gasteiger partial charge in [-0.15, -0.1) is 0 Å². The first-order valence-electron chi connectivity index (χ1n) is 10.0. The molecule has 1 heteroatoms. The number of rotatable bonds is 18. The summed E-state index contributed by atoms with van der Waals surface area (Å²) < 4.78 is 0. The van der Waals surface area contributed by atoms with Crippen molar-refractivity contribution in [2.24, 2.45) is 0 Å². The van der Waals surface area contributed by atoms with Gasteiger partial charge in [0.1, 0.15) is 0 Å².